The molecule has 0 saturated heterocycles. The maximum absolute atomic E-state index is 5.92. The Hall–Kier alpha value is -0.960. The molecule has 3 aliphatic rings. The van der Waals surface area contributed by atoms with Crippen molar-refractivity contribution in [3.05, 3.63) is 17.3 Å². The van der Waals surface area contributed by atoms with Gasteiger partial charge in [-0.05, 0) is 49.0 Å². The van der Waals surface area contributed by atoms with Gasteiger partial charge in [-0.25, -0.2) is 4.98 Å². The molecule has 0 aromatic carbocycles. The second kappa shape index (κ2) is 3.29. The van der Waals surface area contributed by atoms with Crippen molar-refractivity contribution in [3.63, 3.8) is 0 Å². The van der Waals surface area contributed by atoms with Gasteiger partial charge in [0, 0.05) is 12.2 Å². The van der Waals surface area contributed by atoms with Crippen LogP contribution in [0.5, 0.6) is 0 Å². The van der Waals surface area contributed by atoms with Gasteiger partial charge in [0.25, 0.3) is 0 Å². The summed E-state index contributed by atoms with van der Waals surface area (Å²) in [5.74, 6) is 4.54. The molecule has 0 aliphatic heterocycles. The Labute approximate surface area is 106 Å². The van der Waals surface area contributed by atoms with E-state index in [0.717, 1.165) is 29.5 Å². The normalized spacial score (nSPS) is 41.4. The summed E-state index contributed by atoms with van der Waals surface area (Å²) in [5.41, 5.74) is 6.59. The van der Waals surface area contributed by atoms with Crippen LogP contribution >= 0.6 is 11.6 Å². The van der Waals surface area contributed by atoms with Crippen molar-refractivity contribution in [1.29, 1.82) is 0 Å². The summed E-state index contributed by atoms with van der Waals surface area (Å²) in [6.07, 6.45) is 6.01. The average Bonchev–Trinajstić information content (AvgIpc) is 2.70. The maximum atomic E-state index is 5.92. The molecule has 4 atom stereocenters. The Kier molecular flexibility index (Phi) is 1.93. The van der Waals surface area contributed by atoms with Crippen LogP contribution in [-0.2, 0) is 0 Å². The molecule has 90 valence electrons. The van der Waals surface area contributed by atoms with Gasteiger partial charge in [0.05, 0.1) is 10.7 Å². The minimum absolute atomic E-state index is 0.601. The number of hydrogen-bond donors (Lipinski definition) is 2. The van der Waals surface area contributed by atoms with Gasteiger partial charge in [-0.3, -0.25) is 0 Å². The van der Waals surface area contributed by atoms with Gasteiger partial charge in [-0.15, -0.1) is 0 Å². The molecule has 1 aromatic heterocycles. The van der Waals surface area contributed by atoms with Gasteiger partial charge in [0.2, 0.25) is 0 Å². The number of hydrogen-bond acceptors (Lipinski definition) is 3. The molecule has 0 radical (unpaired) electrons. The van der Waals surface area contributed by atoms with Crippen LogP contribution in [0.15, 0.2) is 12.3 Å². The smallest absolute Gasteiger partial charge is 0.149 e. The Morgan fingerprint density at radius 2 is 2.00 bits per heavy atom. The fourth-order valence-corrected chi connectivity index (χ4v) is 4.42. The standard InChI is InChI=1S/C13H16ClN3/c14-8-4-9(15)13(16-5-8)17-12-10-6-1-2-7(3-6)11(10)12/h4-7,10-12H,1-3,15H2,(H,16,17). The topological polar surface area (TPSA) is 50.9 Å². The zero-order valence-corrected chi connectivity index (χ0v) is 10.3. The van der Waals surface area contributed by atoms with E-state index in [0.29, 0.717) is 16.8 Å². The van der Waals surface area contributed by atoms with Gasteiger partial charge < -0.3 is 11.1 Å². The monoisotopic (exact) mass is 249 g/mol. The molecule has 3 fully saturated rings. The molecule has 4 unspecified atom stereocenters. The molecular formula is C13H16ClN3. The highest BCUT2D eigenvalue weighted by Crippen LogP contribution is 2.66. The van der Waals surface area contributed by atoms with Crippen molar-refractivity contribution in [1.82, 2.24) is 4.98 Å². The summed E-state index contributed by atoms with van der Waals surface area (Å²) < 4.78 is 0. The minimum atomic E-state index is 0.601. The molecule has 0 spiro atoms. The molecule has 3 nitrogen and oxygen atoms in total. The number of anilines is 2. The highest BCUT2D eigenvalue weighted by Gasteiger charge is 2.65. The number of nitrogens with one attached hydrogen (secondary N) is 1. The van der Waals surface area contributed by atoms with E-state index in [1.807, 2.05) is 0 Å². The van der Waals surface area contributed by atoms with Crippen molar-refractivity contribution in [2.75, 3.05) is 11.1 Å². The van der Waals surface area contributed by atoms with Crippen LogP contribution in [0, 0.1) is 23.7 Å². The number of pyridine rings is 1. The van der Waals surface area contributed by atoms with Crippen LogP contribution in [-0.4, -0.2) is 11.0 Å². The predicted molar refractivity (Wildman–Crippen MR) is 68.9 cm³/mol. The number of halogens is 1. The zero-order valence-electron chi connectivity index (χ0n) is 9.57. The van der Waals surface area contributed by atoms with Crippen LogP contribution in [0.4, 0.5) is 11.5 Å². The second-order valence-electron chi connectivity index (χ2n) is 5.75. The number of nitrogens with zero attached hydrogens (tertiary/aromatic N) is 1. The van der Waals surface area contributed by atoms with Gasteiger partial charge in [-0.1, -0.05) is 11.6 Å². The fourth-order valence-electron chi connectivity index (χ4n) is 4.25. The third kappa shape index (κ3) is 1.38. The number of fused-ring (bicyclic) bond motifs is 5. The van der Waals surface area contributed by atoms with Gasteiger partial charge in [0.1, 0.15) is 5.82 Å². The first-order valence-corrected chi connectivity index (χ1v) is 6.79. The zero-order chi connectivity index (χ0) is 11.6. The summed E-state index contributed by atoms with van der Waals surface area (Å²) >= 11 is 5.85. The summed E-state index contributed by atoms with van der Waals surface area (Å²) in [7, 11) is 0. The largest absolute Gasteiger partial charge is 0.396 e. The molecular weight excluding hydrogens is 234 g/mol. The average molecular weight is 250 g/mol. The SMILES string of the molecule is Nc1cc(Cl)cnc1NC1C2C3CCC(C3)C12. The summed E-state index contributed by atoms with van der Waals surface area (Å²) in [4.78, 5) is 4.29. The molecule has 3 saturated carbocycles. The molecule has 17 heavy (non-hydrogen) atoms. The highest BCUT2D eigenvalue weighted by molar-refractivity contribution is 6.30. The van der Waals surface area contributed by atoms with E-state index in [4.69, 9.17) is 17.3 Å². The third-order valence-corrected chi connectivity index (χ3v) is 5.13. The predicted octanol–water partition coefficient (Wildman–Crippen LogP) is 2.77. The first-order valence-electron chi connectivity index (χ1n) is 6.41. The van der Waals surface area contributed by atoms with Crippen LogP contribution in [0.1, 0.15) is 19.3 Å². The van der Waals surface area contributed by atoms with E-state index in [1.165, 1.54) is 19.3 Å². The Morgan fingerprint density at radius 1 is 1.29 bits per heavy atom. The van der Waals surface area contributed by atoms with Gasteiger partial charge >= 0.3 is 0 Å². The number of aromatic nitrogens is 1. The summed E-state index contributed by atoms with van der Waals surface area (Å²) in [6, 6.07) is 2.39. The molecule has 3 aliphatic carbocycles. The third-order valence-electron chi connectivity index (χ3n) is 4.92. The van der Waals surface area contributed by atoms with Crippen LogP contribution in [0.25, 0.3) is 0 Å². The molecule has 4 heteroatoms. The van der Waals surface area contributed by atoms with E-state index in [2.05, 4.69) is 10.3 Å². The first kappa shape index (κ1) is 10.0. The maximum Gasteiger partial charge on any atom is 0.149 e. The first-order chi connectivity index (χ1) is 8.24. The number of rotatable bonds is 2. The van der Waals surface area contributed by atoms with Crippen LogP contribution in [0.2, 0.25) is 5.02 Å². The summed E-state index contributed by atoms with van der Waals surface area (Å²) in [6.45, 7) is 0. The van der Waals surface area contributed by atoms with Crippen molar-refractivity contribution in [3.8, 4) is 0 Å². The van der Waals surface area contributed by atoms with Crippen LogP contribution < -0.4 is 11.1 Å². The summed E-state index contributed by atoms with van der Waals surface area (Å²) in [5, 5.41) is 4.12. The molecule has 1 aromatic rings. The molecule has 4 rings (SSSR count). The van der Waals surface area contributed by atoms with Gasteiger partial charge in [-0.2, -0.15) is 0 Å². The second-order valence-corrected chi connectivity index (χ2v) is 6.19. The Balaban J connectivity index is 1.52. The lowest BCUT2D eigenvalue weighted by Gasteiger charge is -2.12. The van der Waals surface area contributed by atoms with Crippen molar-refractivity contribution in [2.45, 2.75) is 25.3 Å². The lowest BCUT2D eigenvalue weighted by Crippen LogP contribution is -2.14. The van der Waals surface area contributed by atoms with Crippen molar-refractivity contribution >= 4 is 23.1 Å². The van der Waals surface area contributed by atoms with E-state index in [9.17, 15) is 0 Å². The van der Waals surface area contributed by atoms with E-state index in [-0.39, 0.29) is 0 Å². The van der Waals surface area contributed by atoms with Crippen molar-refractivity contribution in [2.24, 2.45) is 23.7 Å². The minimum Gasteiger partial charge on any atom is -0.396 e. The molecule has 1 heterocycles. The quantitative estimate of drug-likeness (QED) is 0.848. The number of nitrogens with two attached hydrogens (primary N) is 1. The molecule has 0 amide bonds. The highest BCUT2D eigenvalue weighted by atomic mass is 35.5. The number of nitrogen functional groups attached to an aromatic ring is 1. The van der Waals surface area contributed by atoms with Crippen molar-refractivity contribution < 1.29 is 0 Å². The van der Waals surface area contributed by atoms with E-state index >= 15 is 0 Å². The van der Waals surface area contributed by atoms with E-state index in [1.54, 1.807) is 12.3 Å². The lowest BCUT2D eigenvalue weighted by atomic mass is 10.0. The van der Waals surface area contributed by atoms with Gasteiger partial charge in [0.15, 0.2) is 0 Å². The molecule has 3 N–H and O–H groups in total. The Bertz CT molecular complexity index is 460. The fraction of sp³-hybridized carbons (Fsp3) is 0.615. The molecule has 2 bridgehead atoms. The lowest BCUT2D eigenvalue weighted by molar-refractivity contribution is 0.456. The van der Waals surface area contributed by atoms with Crippen LogP contribution in [0.3, 0.4) is 0 Å². The Morgan fingerprint density at radius 3 is 2.65 bits per heavy atom. The van der Waals surface area contributed by atoms with E-state index < -0.39 is 0 Å².